The molecule has 0 radical (unpaired) electrons. The second-order valence-corrected chi connectivity index (χ2v) is 8.54. The van der Waals surface area contributed by atoms with Gasteiger partial charge in [-0.15, -0.1) is 0 Å². The minimum atomic E-state index is -3.25. The largest absolute Gasteiger partial charge is 0.356 e. The van der Waals surface area contributed by atoms with Crippen LogP contribution in [-0.2, 0) is 9.84 Å². The molecule has 1 fully saturated rings. The maximum Gasteiger partial charge on any atom is 0.178 e. The molecule has 1 saturated carbocycles. The number of anilines is 1. The summed E-state index contributed by atoms with van der Waals surface area (Å²) in [7, 11) is -1.24. The predicted octanol–water partition coefficient (Wildman–Crippen LogP) is 2.04. The van der Waals surface area contributed by atoms with Crippen molar-refractivity contribution < 1.29 is 8.42 Å². The van der Waals surface area contributed by atoms with Crippen LogP contribution in [0, 0.1) is 5.92 Å². The van der Waals surface area contributed by atoms with Crippen molar-refractivity contribution >= 4 is 26.7 Å². The topological polar surface area (TPSA) is 91.8 Å². The van der Waals surface area contributed by atoms with Crippen molar-refractivity contribution in [1.82, 2.24) is 19.9 Å². The number of pyridine rings is 1. The van der Waals surface area contributed by atoms with Gasteiger partial charge in [-0.2, -0.15) is 0 Å². The molecule has 8 heteroatoms. The normalized spacial score (nSPS) is 20.4. The van der Waals surface area contributed by atoms with Gasteiger partial charge < -0.3 is 9.88 Å². The number of hydrogen-bond donors (Lipinski definition) is 1. The Morgan fingerprint density at radius 1 is 1.20 bits per heavy atom. The van der Waals surface area contributed by atoms with E-state index in [4.69, 9.17) is 0 Å². The van der Waals surface area contributed by atoms with E-state index in [1.165, 1.54) is 12.4 Å². The summed E-state index contributed by atoms with van der Waals surface area (Å²) in [6, 6.07) is 5.37. The lowest BCUT2D eigenvalue weighted by atomic mass is 9.81. The highest BCUT2D eigenvalue weighted by Crippen LogP contribution is 2.36. The first kappa shape index (κ1) is 16.0. The standard InChI is InChI=1S/C17H19N5O2S/c1-22(17-15-4-7-19-16(15)20-11-21-17)13-8-12(9-13)10-25(23,24)14-2-5-18-6-3-14/h2-7,11-13H,8-10H2,1H3,(H,19,20,21). The maximum absolute atomic E-state index is 12.5. The zero-order valence-corrected chi connectivity index (χ0v) is 14.6. The Morgan fingerprint density at radius 2 is 1.96 bits per heavy atom. The highest BCUT2D eigenvalue weighted by molar-refractivity contribution is 7.91. The number of H-pyrrole nitrogens is 1. The molecule has 0 unspecified atom stereocenters. The van der Waals surface area contributed by atoms with Gasteiger partial charge in [0.1, 0.15) is 17.8 Å². The highest BCUT2D eigenvalue weighted by atomic mass is 32.2. The number of nitrogens with one attached hydrogen (secondary N) is 1. The van der Waals surface area contributed by atoms with Crippen molar-refractivity contribution in [2.45, 2.75) is 23.8 Å². The van der Waals surface area contributed by atoms with Gasteiger partial charge in [0.05, 0.1) is 16.0 Å². The zero-order valence-electron chi connectivity index (χ0n) is 13.8. The molecule has 0 spiro atoms. The fourth-order valence-corrected chi connectivity index (χ4v) is 5.04. The first-order chi connectivity index (χ1) is 12.0. The molecular weight excluding hydrogens is 338 g/mol. The summed E-state index contributed by atoms with van der Waals surface area (Å²) in [5.74, 6) is 1.24. The molecule has 0 amide bonds. The third-order valence-corrected chi connectivity index (χ3v) is 6.79. The smallest absolute Gasteiger partial charge is 0.178 e. The van der Waals surface area contributed by atoms with E-state index in [0.717, 1.165) is 29.7 Å². The Hall–Kier alpha value is -2.48. The van der Waals surface area contributed by atoms with E-state index in [-0.39, 0.29) is 11.7 Å². The number of aromatic amines is 1. The highest BCUT2D eigenvalue weighted by Gasteiger charge is 2.36. The number of rotatable bonds is 5. The molecular formula is C17H19N5O2S. The monoisotopic (exact) mass is 357 g/mol. The third-order valence-electron chi connectivity index (χ3n) is 4.89. The Kier molecular flexibility index (Phi) is 3.91. The van der Waals surface area contributed by atoms with Crippen LogP contribution >= 0.6 is 0 Å². The molecule has 3 aromatic heterocycles. The van der Waals surface area contributed by atoms with Gasteiger partial charge in [-0.1, -0.05) is 0 Å². The van der Waals surface area contributed by atoms with Gasteiger partial charge in [0.2, 0.25) is 0 Å². The lowest BCUT2D eigenvalue weighted by molar-refractivity contribution is 0.282. The number of nitrogens with zero attached hydrogens (tertiary/aromatic N) is 4. The van der Waals surface area contributed by atoms with Gasteiger partial charge in [0, 0.05) is 31.7 Å². The lowest BCUT2D eigenvalue weighted by Crippen LogP contribution is -2.45. The molecule has 3 heterocycles. The van der Waals surface area contributed by atoms with Crippen LogP contribution < -0.4 is 4.90 Å². The van der Waals surface area contributed by atoms with Crippen LogP contribution in [0.25, 0.3) is 11.0 Å². The van der Waals surface area contributed by atoms with Gasteiger partial charge in [0.25, 0.3) is 0 Å². The van der Waals surface area contributed by atoms with Gasteiger partial charge in [0.15, 0.2) is 9.84 Å². The summed E-state index contributed by atoms with van der Waals surface area (Å²) in [6.07, 6.45) is 8.12. The van der Waals surface area contributed by atoms with Crippen molar-refractivity contribution in [2.24, 2.45) is 5.92 Å². The van der Waals surface area contributed by atoms with Crippen molar-refractivity contribution in [2.75, 3.05) is 17.7 Å². The van der Waals surface area contributed by atoms with Gasteiger partial charge >= 0.3 is 0 Å². The van der Waals surface area contributed by atoms with E-state index in [2.05, 4.69) is 24.8 Å². The average molecular weight is 357 g/mol. The summed E-state index contributed by atoms with van der Waals surface area (Å²) in [5.41, 5.74) is 0.813. The summed E-state index contributed by atoms with van der Waals surface area (Å²) in [6.45, 7) is 0. The molecule has 0 aliphatic heterocycles. The van der Waals surface area contributed by atoms with Crippen LogP contribution in [0.1, 0.15) is 12.8 Å². The first-order valence-corrected chi connectivity index (χ1v) is 9.83. The molecule has 3 aromatic rings. The molecule has 1 aliphatic rings. The Balaban J connectivity index is 1.43. The molecule has 4 rings (SSSR count). The molecule has 0 bridgehead atoms. The fraction of sp³-hybridized carbons (Fsp3) is 0.353. The van der Waals surface area contributed by atoms with Gasteiger partial charge in [-0.05, 0) is 37.0 Å². The van der Waals surface area contributed by atoms with Gasteiger partial charge in [-0.3, -0.25) is 4.98 Å². The zero-order chi connectivity index (χ0) is 17.4. The van der Waals surface area contributed by atoms with Crippen molar-refractivity contribution in [3.05, 3.63) is 43.1 Å². The van der Waals surface area contributed by atoms with Crippen LogP contribution in [0.5, 0.6) is 0 Å². The fourth-order valence-electron chi connectivity index (χ4n) is 3.42. The number of hydrogen-bond acceptors (Lipinski definition) is 6. The Morgan fingerprint density at radius 3 is 2.72 bits per heavy atom. The maximum atomic E-state index is 12.5. The molecule has 0 atom stereocenters. The summed E-state index contributed by atoms with van der Waals surface area (Å²) in [5, 5.41) is 0.984. The van der Waals surface area contributed by atoms with E-state index >= 15 is 0 Å². The molecule has 1 aliphatic carbocycles. The second-order valence-electron chi connectivity index (χ2n) is 6.50. The number of sulfone groups is 1. The minimum Gasteiger partial charge on any atom is -0.356 e. The SMILES string of the molecule is CN(c1ncnc2[nH]ccc12)C1CC(CS(=O)(=O)c2ccncc2)C1. The van der Waals surface area contributed by atoms with E-state index in [1.54, 1.807) is 18.5 Å². The summed E-state index contributed by atoms with van der Waals surface area (Å²) in [4.78, 5) is 18.1. The Bertz CT molecular complexity index is 980. The first-order valence-electron chi connectivity index (χ1n) is 8.18. The van der Waals surface area contributed by atoms with Crippen LogP contribution in [0.2, 0.25) is 0 Å². The molecule has 0 aromatic carbocycles. The molecule has 130 valence electrons. The quantitative estimate of drug-likeness (QED) is 0.751. The number of aromatic nitrogens is 4. The van der Waals surface area contributed by atoms with Crippen molar-refractivity contribution in [3.63, 3.8) is 0 Å². The van der Waals surface area contributed by atoms with Crippen LogP contribution in [0.4, 0.5) is 5.82 Å². The van der Waals surface area contributed by atoms with E-state index in [9.17, 15) is 8.42 Å². The molecule has 7 nitrogen and oxygen atoms in total. The minimum absolute atomic E-state index is 0.175. The van der Waals surface area contributed by atoms with Crippen molar-refractivity contribution in [1.29, 1.82) is 0 Å². The molecule has 1 N–H and O–H groups in total. The van der Waals surface area contributed by atoms with E-state index in [0.29, 0.717) is 10.9 Å². The lowest BCUT2D eigenvalue weighted by Gasteiger charge is -2.41. The van der Waals surface area contributed by atoms with Crippen LogP contribution in [0.3, 0.4) is 0 Å². The third kappa shape index (κ3) is 2.97. The van der Waals surface area contributed by atoms with E-state index < -0.39 is 9.84 Å². The predicted molar refractivity (Wildman–Crippen MR) is 95.1 cm³/mol. The Labute approximate surface area is 146 Å². The summed E-state index contributed by atoms with van der Waals surface area (Å²) < 4.78 is 24.9. The molecule has 25 heavy (non-hydrogen) atoms. The average Bonchev–Trinajstić information content (AvgIpc) is 3.06. The summed E-state index contributed by atoms with van der Waals surface area (Å²) >= 11 is 0. The number of fused-ring (bicyclic) bond motifs is 1. The van der Waals surface area contributed by atoms with Crippen molar-refractivity contribution in [3.8, 4) is 0 Å². The molecule has 0 saturated heterocycles. The van der Waals surface area contributed by atoms with Crippen LogP contribution in [0.15, 0.2) is 48.0 Å². The van der Waals surface area contributed by atoms with Gasteiger partial charge in [-0.25, -0.2) is 18.4 Å². The van der Waals surface area contributed by atoms with Crippen LogP contribution in [-0.4, -0.2) is 47.2 Å². The second kappa shape index (κ2) is 6.11. The van der Waals surface area contributed by atoms with E-state index in [1.807, 2.05) is 19.3 Å².